The SMILES string of the molecule is Cc1cccc(C)c1-n1nnnc1SCc1csc(COc2ccc(Cl)cc2)n1. The second-order valence-electron chi connectivity index (χ2n) is 6.38. The van der Waals surface area contributed by atoms with Crippen molar-refractivity contribution in [2.75, 3.05) is 0 Å². The highest BCUT2D eigenvalue weighted by Gasteiger charge is 2.14. The molecule has 2 aromatic carbocycles. The Morgan fingerprint density at radius 3 is 2.62 bits per heavy atom. The lowest BCUT2D eigenvalue weighted by molar-refractivity contribution is 0.305. The van der Waals surface area contributed by atoms with E-state index in [1.54, 1.807) is 39.9 Å². The van der Waals surface area contributed by atoms with E-state index in [0.29, 0.717) is 17.4 Å². The number of para-hydroxylation sites is 1. The van der Waals surface area contributed by atoms with Gasteiger partial charge >= 0.3 is 0 Å². The first-order chi connectivity index (χ1) is 14.1. The van der Waals surface area contributed by atoms with Gasteiger partial charge in [0.05, 0.1) is 11.4 Å². The van der Waals surface area contributed by atoms with Crippen LogP contribution in [0.15, 0.2) is 53.0 Å². The van der Waals surface area contributed by atoms with Crippen molar-refractivity contribution in [3.05, 3.63) is 74.7 Å². The average Bonchev–Trinajstić information content (AvgIpc) is 3.35. The van der Waals surface area contributed by atoms with Crippen LogP contribution in [0.25, 0.3) is 5.69 Å². The van der Waals surface area contributed by atoms with Gasteiger partial charge in [0.25, 0.3) is 0 Å². The van der Waals surface area contributed by atoms with E-state index in [1.165, 1.54) is 0 Å². The van der Waals surface area contributed by atoms with Crippen LogP contribution in [-0.2, 0) is 12.4 Å². The van der Waals surface area contributed by atoms with Gasteiger partial charge in [-0.25, -0.2) is 4.98 Å². The third kappa shape index (κ3) is 4.77. The van der Waals surface area contributed by atoms with Crippen LogP contribution in [0.1, 0.15) is 21.8 Å². The summed E-state index contributed by atoms with van der Waals surface area (Å²) in [6.07, 6.45) is 0. The number of benzene rings is 2. The summed E-state index contributed by atoms with van der Waals surface area (Å²) in [5.74, 6) is 1.45. The van der Waals surface area contributed by atoms with Crippen molar-refractivity contribution in [3.63, 3.8) is 0 Å². The number of rotatable bonds is 7. The summed E-state index contributed by atoms with van der Waals surface area (Å²) in [6.45, 7) is 4.55. The van der Waals surface area contributed by atoms with Crippen molar-refractivity contribution < 1.29 is 4.74 Å². The van der Waals surface area contributed by atoms with Crippen LogP contribution in [0.4, 0.5) is 0 Å². The summed E-state index contributed by atoms with van der Waals surface area (Å²) in [6, 6.07) is 13.5. The van der Waals surface area contributed by atoms with Crippen molar-refractivity contribution in [2.24, 2.45) is 0 Å². The fourth-order valence-corrected chi connectivity index (χ4v) is 4.55. The average molecular weight is 444 g/mol. The Kier molecular flexibility index (Phi) is 6.13. The van der Waals surface area contributed by atoms with Gasteiger partial charge in [-0.05, 0) is 59.7 Å². The zero-order chi connectivity index (χ0) is 20.2. The maximum Gasteiger partial charge on any atom is 0.214 e. The molecule has 0 aliphatic heterocycles. The van der Waals surface area contributed by atoms with Crippen LogP contribution in [0.5, 0.6) is 5.75 Å². The standard InChI is InChI=1S/C20H18ClN5OS2/c1-13-4-3-5-14(2)19(13)26-20(23-24-25-26)29-12-16-11-28-18(22-16)10-27-17-8-6-15(21)7-9-17/h3-9,11H,10,12H2,1-2H3. The highest BCUT2D eigenvalue weighted by Crippen LogP contribution is 2.26. The van der Waals surface area contributed by atoms with E-state index in [4.69, 9.17) is 16.3 Å². The van der Waals surface area contributed by atoms with Crippen LogP contribution >= 0.6 is 34.7 Å². The van der Waals surface area contributed by atoms with E-state index in [-0.39, 0.29) is 0 Å². The van der Waals surface area contributed by atoms with Gasteiger partial charge in [-0.2, -0.15) is 4.68 Å². The maximum atomic E-state index is 5.89. The van der Waals surface area contributed by atoms with E-state index in [0.717, 1.165) is 38.4 Å². The fourth-order valence-electron chi connectivity index (χ4n) is 2.84. The molecule has 0 unspecified atom stereocenters. The number of nitrogens with zero attached hydrogens (tertiary/aromatic N) is 5. The first kappa shape index (κ1) is 19.9. The monoisotopic (exact) mass is 443 g/mol. The molecule has 0 atom stereocenters. The van der Waals surface area contributed by atoms with E-state index in [2.05, 4.69) is 46.5 Å². The second-order valence-corrected chi connectivity index (χ2v) is 8.70. The Balaban J connectivity index is 1.40. The number of hydrogen-bond donors (Lipinski definition) is 0. The summed E-state index contributed by atoms with van der Waals surface area (Å²) >= 11 is 9.04. The summed E-state index contributed by atoms with van der Waals surface area (Å²) in [5, 5.41) is 16.6. The molecule has 9 heteroatoms. The quantitative estimate of drug-likeness (QED) is 0.363. The molecule has 0 aliphatic carbocycles. The number of ether oxygens (including phenoxy) is 1. The van der Waals surface area contributed by atoms with E-state index < -0.39 is 0 Å². The van der Waals surface area contributed by atoms with Crippen LogP contribution < -0.4 is 4.74 Å². The Bertz CT molecular complexity index is 1090. The number of tetrazole rings is 1. The van der Waals surface area contributed by atoms with Gasteiger partial charge in [-0.3, -0.25) is 0 Å². The van der Waals surface area contributed by atoms with Crippen molar-refractivity contribution >= 4 is 34.7 Å². The molecule has 0 amide bonds. The zero-order valence-electron chi connectivity index (χ0n) is 15.9. The smallest absolute Gasteiger partial charge is 0.214 e. The number of thioether (sulfide) groups is 1. The molecule has 0 radical (unpaired) electrons. The van der Waals surface area contributed by atoms with E-state index >= 15 is 0 Å². The van der Waals surface area contributed by atoms with E-state index in [1.807, 2.05) is 23.6 Å². The van der Waals surface area contributed by atoms with E-state index in [9.17, 15) is 0 Å². The predicted molar refractivity (Wildman–Crippen MR) is 116 cm³/mol. The highest BCUT2D eigenvalue weighted by atomic mass is 35.5. The largest absolute Gasteiger partial charge is 0.486 e. The van der Waals surface area contributed by atoms with Crippen molar-refractivity contribution in [1.29, 1.82) is 0 Å². The van der Waals surface area contributed by atoms with Crippen LogP contribution in [0.3, 0.4) is 0 Å². The predicted octanol–water partition coefficient (Wildman–Crippen LogP) is 5.26. The first-order valence-corrected chi connectivity index (χ1v) is 11.1. The number of aryl methyl sites for hydroxylation is 2. The summed E-state index contributed by atoms with van der Waals surface area (Å²) in [7, 11) is 0. The molecule has 0 saturated carbocycles. The summed E-state index contributed by atoms with van der Waals surface area (Å²) in [4.78, 5) is 4.65. The molecular formula is C20H18ClN5OS2. The van der Waals surface area contributed by atoms with Gasteiger partial charge in [0.15, 0.2) is 0 Å². The molecule has 0 aliphatic rings. The number of hydrogen-bond acceptors (Lipinski definition) is 7. The van der Waals surface area contributed by atoms with Gasteiger partial charge in [0.1, 0.15) is 17.4 Å². The Hall–Kier alpha value is -2.42. The number of aromatic nitrogens is 5. The third-order valence-corrected chi connectivity index (χ3v) is 6.29. The third-order valence-electron chi connectivity index (χ3n) is 4.22. The molecule has 0 N–H and O–H groups in total. The van der Waals surface area contributed by atoms with Gasteiger partial charge in [-0.15, -0.1) is 16.4 Å². The topological polar surface area (TPSA) is 65.7 Å². The minimum Gasteiger partial charge on any atom is -0.486 e. The van der Waals surface area contributed by atoms with Gasteiger partial charge in [-0.1, -0.05) is 41.6 Å². The lowest BCUT2D eigenvalue weighted by atomic mass is 10.1. The van der Waals surface area contributed by atoms with Gasteiger partial charge in [0, 0.05) is 16.2 Å². The van der Waals surface area contributed by atoms with Crippen molar-refractivity contribution in [3.8, 4) is 11.4 Å². The Morgan fingerprint density at radius 1 is 1.10 bits per heavy atom. The lowest BCUT2D eigenvalue weighted by Gasteiger charge is -2.10. The maximum absolute atomic E-state index is 5.89. The molecule has 0 spiro atoms. The molecule has 2 heterocycles. The molecule has 29 heavy (non-hydrogen) atoms. The molecule has 6 nitrogen and oxygen atoms in total. The fraction of sp³-hybridized carbons (Fsp3) is 0.200. The molecule has 0 bridgehead atoms. The molecule has 4 rings (SSSR count). The summed E-state index contributed by atoms with van der Waals surface area (Å²) < 4.78 is 7.56. The van der Waals surface area contributed by atoms with Crippen LogP contribution in [0, 0.1) is 13.8 Å². The highest BCUT2D eigenvalue weighted by molar-refractivity contribution is 7.98. The van der Waals surface area contributed by atoms with Gasteiger partial charge < -0.3 is 4.74 Å². The number of thiazole rings is 1. The van der Waals surface area contributed by atoms with Crippen LogP contribution in [-0.4, -0.2) is 25.2 Å². The zero-order valence-corrected chi connectivity index (χ0v) is 18.3. The Morgan fingerprint density at radius 2 is 1.86 bits per heavy atom. The number of halogens is 1. The molecule has 0 fully saturated rings. The summed E-state index contributed by atoms with van der Waals surface area (Å²) in [5.41, 5.74) is 4.27. The van der Waals surface area contributed by atoms with Crippen molar-refractivity contribution in [1.82, 2.24) is 25.2 Å². The van der Waals surface area contributed by atoms with Gasteiger partial charge in [0.2, 0.25) is 5.16 Å². The normalized spacial score (nSPS) is 11.0. The molecular weight excluding hydrogens is 426 g/mol. The molecule has 2 aromatic heterocycles. The minimum absolute atomic E-state index is 0.428. The molecule has 4 aromatic rings. The molecule has 148 valence electrons. The van der Waals surface area contributed by atoms with Crippen LogP contribution in [0.2, 0.25) is 5.02 Å². The first-order valence-electron chi connectivity index (χ1n) is 8.89. The second kappa shape index (κ2) is 8.94. The lowest BCUT2D eigenvalue weighted by Crippen LogP contribution is -2.04. The van der Waals surface area contributed by atoms with Crippen molar-refractivity contribution in [2.45, 2.75) is 31.4 Å². The minimum atomic E-state index is 0.428. The molecule has 0 saturated heterocycles. The Labute approximate surface area is 181 Å².